The van der Waals surface area contributed by atoms with E-state index in [9.17, 15) is 4.39 Å². The maximum Gasteiger partial charge on any atom is 0.123 e. The van der Waals surface area contributed by atoms with Gasteiger partial charge in [-0.05, 0) is 47.5 Å². The first-order chi connectivity index (χ1) is 9.78. The van der Waals surface area contributed by atoms with Crippen LogP contribution in [0.1, 0.15) is 11.1 Å². The summed E-state index contributed by atoms with van der Waals surface area (Å²) in [5.74, 6) is 0.494. The van der Waals surface area contributed by atoms with E-state index in [-0.39, 0.29) is 12.4 Å². The molecule has 0 amide bonds. The Morgan fingerprint density at radius 2 is 1.75 bits per heavy atom. The van der Waals surface area contributed by atoms with E-state index in [1.165, 1.54) is 12.1 Å². The summed E-state index contributed by atoms with van der Waals surface area (Å²) in [4.78, 5) is 4.04. The molecule has 0 bridgehead atoms. The molecule has 2 aromatic rings. The number of halogens is 1. The smallest absolute Gasteiger partial charge is 0.123 e. The molecule has 0 aromatic heterocycles. The molecule has 0 saturated heterocycles. The van der Waals surface area contributed by atoms with Crippen molar-refractivity contribution in [3.63, 3.8) is 0 Å². The number of aliphatic hydroxyl groups excluding tert-OH is 1. The molecule has 0 atom stereocenters. The summed E-state index contributed by atoms with van der Waals surface area (Å²) in [5, 5.41) is 8.63. The number of aliphatic hydroxyl groups is 1. The van der Waals surface area contributed by atoms with Crippen molar-refractivity contribution in [2.45, 2.75) is 6.61 Å². The van der Waals surface area contributed by atoms with E-state index >= 15 is 0 Å². The second-order valence-electron chi connectivity index (χ2n) is 4.24. The van der Waals surface area contributed by atoms with Gasteiger partial charge in [-0.1, -0.05) is 12.1 Å². The van der Waals surface area contributed by atoms with Crippen molar-refractivity contribution in [1.29, 1.82) is 0 Å². The van der Waals surface area contributed by atoms with E-state index in [1.807, 2.05) is 24.3 Å². The van der Waals surface area contributed by atoms with Gasteiger partial charge < -0.3 is 9.84 Å². The number of ether oxygens (including phenoxy) is 1. The van der Waals surface area contributed by atoms with Crippen LogP contribution in [0, 0.1) is 5.82 Å². The summed E-state index contributed by atoms with van der Waals surface area (Å²) in [5.41, 5.74) is 1.87. The van der Waals surface area contributed by atoms with Crippen molar-refractivity contribution in [2.75, 3.05) is 13.2 Å². The second-order valence-corrected chi connectivity index (χ2v) is 4.24. The lowest BCUT2D eigenvalue weighted by molar-refractivity contribution is 0.306. The zero-order valence-electron chi connectivity index (χ0n) is 11.0. The van der Waals surface area contributed by atoms with E-state index in [0.29, 0.717) is 13.2 Å². The fraction of sp³-hybridized carbons (Fsp3) is 0.188. The molecular weight excluding hydrogens is 257 g/mol. The number of nitrogens with zero attached hydrogens (tertiary/aromatic N) is 1. The second kappa shape index (κ2) is 7.40. The third-order valence-corrected chi connectivity index (χ3v) is 2.67. The highest BCUT2D eigenvalue weighted by Gasteiger charge is 1.97. The number of hydrogen-bond acceptors (Lipinski definition) is 3. The molecule has 3 nitrogen and oxygen atoms in total. The lowest BCUT2D eigenvalue weighted by Crippen LogP contribution is -1.95. The molecule has 0 aliphatic heterocycles. The lowest BCUT2D eigenvalue weighted by Gasteiger charge is -2.06. The number of hydrogen-bond donors (Lipinski definition) is 1. The molecule has 20 heavy (non-hydrogen) atoms. The molecule has 0 aliphatic rings. The Balaban J connectivity index is 1.89. The summed E-state index contributed by atoms with van der Waals surface area (Å²) in [6.45, 7) is 0.858. The molecule has 0 aliphatic carbocycles. The molecule has 1 N–H and O–H groups in total. The summed E-state index contributed by atoms with van der Waals surface area (Å²) < 4.78 is 18.4. The first-order valence-corrected chi connectivity index (χ1v) is 6.36. The first-order valence-electron chi connectivity index (χ1n) is 6.36. The molecular formula is C16H16FNO2. The largest absolute Gasteiger partial charge is 0.489 e. The van der Waals surface area contributed by atoms with Crippen molar-refractivity contribution in [1.82, 2.24) is 0 Å². The van der Waals surface area contributed by atoms with Crippen LogP contribution in [0.5, 0.6) is 5.75 Å². The highest BCUT2D eigenvalue weighted by Crippen LogP contribution is 2.13. The quantitative estimate of drug-likeness (QED) is 0.822. The van der Waals surface area contributed by atoms with E-state index in [4.69, 9.17) is 9.84 Å². The number of rotatable bonds is 6. The first kappa shape index (κ1) is 14.2. The lowest BCUT2D eigenvalue weighted by atomic mass is 10.2. The van der Waals surface area contributed by atoms with Crippen molar-refractivity contribution in [3.05, 3.63) is 65.5 Å². The third kappa shape index (κ3) is 4.48. The Morgan fingerprint density at radius 3 is 2.40 bits per heavy atom. The molecule has 0 spiro atoms. The van der Waals surface area contributed by atoms with Crippen LogP contribution in [0.2, 0.25) is 0 Å². The fourth-order valence-electron chi connectivity index (χ4n) is 1.63. The minimum Gasteiger partial charge on any atom is -0.489 e. The van der Waals surface area contributed by atoms with E-state index in [0.717, 1.165) is 16.9 Å². The Hall–Kier alpha value is -2.20. The van der Waals surface area contributed by atoms with E-state index in [2.05, 4.69) is 4.99 Å². The standard InChI is InChI=1S/C16H16FNO2/c17-15-5-1-14(2-6-15)12-20-16-7-3-13(4-8-16)11-18-9-10-19/h1-8,11,19H,9-10,12H2. The fourth-order valence-corrected chi connectivity index (χ4v) is 1.63. The summed E-state index contributed by atoms with van der Waals surface area (Å²) in [6, 6.07) is 13.7. The molecule has 4 heteroatoms. The Bertz CT molecular complexity index is 550. The van der Waals surface area contributed by atoms with Gasteiger partial charge in [-0.15, -0.1) is 0 Å². The summed E-state index contributed by atoms with van der Waals surface area (Å²) in [6.07, 6.45) is 1.71. The van der Waals surface area contributed by atoms with E-state index in [1.54, 1.807) is 18.3 Å². The molecule has 0 fully saturated rings. The highest BCUT2D eigenvalue weighted by molar-refractivity contribution is 5.79. The highest BCUT2D eigenvalue weighted by atomic mass is 19.1. The van der Waals surface area contributed by atoms with Gasteiger partial charge in [-0.2, -0.15) is 0 Å². The predicted octanol–water partition coefficient (Wildman–Crippen LogP) is 2.82. The molecule has 0 saturated carbocycles. The van der Waals surface area contributed by atoms with Gasteiger partial charge in [0.2, 0.25) is 0 Å². The number of benzene rings is 2. The normalized spacial score (nSPS) is 10.9. The van der Waals surface area contributed by atoms with E-state index < -0.39 is 0 Å². The zero-order valence-corrected chi connectivity index (χ0v) is 11.0. The van der Waals surface area contributed by atoms with Gasteiger partial charge >= 0.3 is 0 Å². The topological polar surface area (TPSA) is 41.8 Å². The SMILES string of the molecule is OCCN=Cc1ccc(OCc2ccc(F)cc2)cc1. The Kier molecular flexibility index (Phi) is 5.26. The third-order valence-electron chi connectivity index (χ3n) is 2.67. The van der Waals surface area contributed by atoms with Gasteiger partial charge in [0.1, 0.15) is 18.2 Å². The molecule has 0 unspecified atom stereocenters. The van der Waals surface area contributed by atoms with Crippen molar-refractivity contribution >= 4 is 6.21 Å². The average molecular weight is 273 g/mol. The molecule has 2 rings (SSSR count). The van der Waals surface area contributed by atoms with Crippen LogP contribution in [0.4, 0.5) is 4.39 Å². The molecule has 0 radical (unpaired) electrons. The summed E-state index contributed by atoms with van der Waals surface area (Å²) >= 11 is 0. The van der Waals surface area contributed by atoms with Gasteiger partial charge in [0.15, 0.2) is 0 Å². The van der Waals surface area contributed by atoms with Gasteiger partial charge in [-0.3, -0.25) is 4.99 Å². The van der Waals surface area contributed by atoms with Crippen LogP contribution in [0.25, 0.3) is 0 Å². The van der Waals surface area contributed by atoms with Crippen LogP contribution in [0.3, 0.4) is 0 Å². The monoisotopic (exact) mass is 273 g/mol. The summed E-state index contributed by atoms with van der Waals surface area (Å²) in [7, 11) is 0. The number of aliphatic imine (C=N–C) groups is 1. The molecule has 2 aromatic carbocycles. The van der Waals surface area contributed by atoms with Gasteiger partial charge in [0.25, 0.3) is 0 Å². The van der Waals surface area contributed by atoms with Crippen LogP contribution in [-0.2, 0) is 6.61 Å². The predicted molar refractivity (Wildman–Crippen MR) is 76.7 cm³/mol. The van der Waals surface area contributed by atoms with Crippen LogP contribution >= 0.6 is 0 Å². The van der Waals surface area contributed by atoms with Crippen LogP contribution in [0.15, 0.2) is 53.5 Å². The van der Waals surface area contributed by atoms with Gasteiger partial charge in [0.05, 0.1) is 13.2 Å². The Morgan fingerprint density at radius 1 is 1.05 bits per heavy atom. The van der Waals surface area contributed by atoms with Crippen molar-refractivity contribution in [2.24, 2.45) is 4.99 Å². The van der Waals surface area contributed by atoms with Crippen LogP contribution in [-0.4, -0.2) is 24.5 Å². The zero-order chi connectivity index (χ0) is 14.2. The van der Waals surface area contributed by atoms with Gasteiger partial charge in [0, 0.05) is 6.21 Å². The molecule has 104 valence electrons. The van der Waals surface area contributed by atoms with Gasteiger partial charge in [-0.25, -0.2) is 4.39 Å². The van der Waals surface area contributed by atoms with Crippen molar-refractivity contribution < 1.29 is 14.2 Å². The Labute approximate surface area is 117 Å². The minimum atomic E-state index is -0.250. The maximum absolute atomic E-state index is 12.8. The minimum absolute atomic E-state index is 0.0510. The maximum atomic E-state index is 12.8. The van der Waals surface area contributed by atoms with Crippen LogP contribution < -0.4 is 4.74 Å². The average Bonchev–Trinajstić information content (AvgIpc) is 2.48. The van der Waals surface area contributed by atoms with Crippen molar-refractivity contribution in [3.8, 4) is 5.75 Å². The molecule has 0 heterocycles.